The van der Waals surface area contributed by atoms with E-state index >= 15 is 0 Å². The van der Waals surface area contributed by atoms with Crippen molar-refractivity contribution < 1.29 is 0 Å². The lowest BCUT2D eigenvalue weighted by Gasteiger charge is -2.06. The first kappa shape index (κ1) is 22.3. The van der Waals surface area contributed by atoms with Gasteiger partial charge >= 0.3 is 5.69 Å². The number of unbranched alkanes of at least 4 members (excludes halogenated alkanes) is 1. The van der Waals surface area contributed by atoms with Gasteiger partial charge in [-0.15, -0.1) is 5.10 Å². The van der Waals surface area contributed by atoms with Gasteiger partial charge in [0.05, 0.1) is 5.75 Å². The molecule has 4 aromatic rings. The third kappa shape index (κ3) is 3.96. The fourth-order valence-electron chi connectivity index (χ4n) is 3.78. The average Bonchev–Trinajstić information content (AvgIpc) is 3.37. The minimum Gasteiger partial charge on any atom is -0.322 e. The van der Waals surface area contributed by atoms with Gasteiger partial charge in [-0.05, 0) is 32.3 Å². The van der Waals surface area contributed by atoms with Crippen molar-refractivity contribution in [3.8, 4) is 0 Å². The van der Waals surface area contributed by atoms with E-state index in [1.54, 1.807) is 9.08 Å². The molecule has 0 fully saturated rings. The highest BCUT2D eigenvalue weighted by Gasteiger charge is 2.19. The van der Waals surface area contributed by atoms with Crippen molar-refractivity contribution in [2.75, 3.05) is 0 Å². The normalized spacial score (nSPS) is 11.8. The maximum atomic E-state index is 12.6. The fourth-order valence-corrected chi connectivity index (χ4v) is 4.54. The van der Waals surface area contributed by atoms with Gasteiger partial charge in [-0.3, -0.25) is 14.3 Å². The number of aryl methyl sites for hydroxylation is 4. The van der Waals surface area contributed by atoms with Gasteiger partial charge in [-0.25, -0.2) is 19.3 Å². The second kappa shape index (κ2) is 9.27. The van der Waals surface area contributed by atoms with E-state index in [-0.39, 0.29) is 0 Å². The van der Waals surface area contributed by atoms with Crippen LogP contribution in [0.1, 0.15) is 57.7 Å². The van der Waals surface area contributed by atoms with Gasteiger partial charge in [0.15, 0.2) is 11.2 Å². The molecule has 0 radical (unpaired) electrons. The molecule has 0 atom stereocenters. The van der Waals surface area contributed by atoms with Gasteiger partial charge in [-0.1, -0.05) is 39.0 Å². The average molecular weight is 457 g/mol. The number of aromatic nitrogens is 8. The van der Waals surface area contributed by atoms with Crippen LogP contribution in [0.2, 0.25) is 0 Å². The molecule has 0 spiro atoms. The molecule has 32 heavy (non-hydrogen) atoms. The number of nitrogens with zero attached hydrogens (tertiary/aromatic N) is 7. The smallest absolute Gasteiger partial charge is 0.322 e. The van der Waals surface area contributed by atoms with Crippen molar-refractivity contribution in [3.63, 3.8) is 0 Å². The molecule has 170 valence electrons. The molecular weight excluding hydrogens is 428 g/mol. The highest BCUT2D eigenvalue weighted by atomic mass is 32.2. The minimum absolute atomic E-state index is 0.405. The summed E-state index contributed by atoms with van der Waals surface area (Å²) >= 11 is 1.44. The number of fused-ring (bicyclic) bond motifs is 2. The summed E-state index contributed by atoms with van der Waals surface area (Å²) in [5.74, 6) is 1.78. The number of rotatable bonds is 9. The lowest BCUT2D eigenvalue weighted by molar-refractivity contribution is 0.613. The number of hydrogen-bond acceptors (Lipinski definition) is 7. The van der Waals surface area contributed by atoms with Crippen LogP contribution < -0.4 is 11.2 Å². The van der Waals surface area contributed by atoms with E-state index in [4.69, 9.17) is 4.98 Å². The summed E-state index contributed by atoms with van der Waals surface area (Å²) in [6, 6.07) is 2.06. The third-order valence-electron chi connectivity index (χ3n) is 5.49. The lowest BCUT2D eigenvalue weighted by atomic mass is 10.2. The molecule has 4 heterocycles. The zero-order chi connectivity index (χ0) is 22.8. The molecule has 0 amide bonds. The Morgan fingerprint density at radius 1 is 1.03 bits per heavy atom. The van der Waals surface area contributed by atoms with Gasteiger partial charge in [-0.2, -0.15) is 4.98 Å². The summed E-state index contributed by atoms with van der Waals surface area (Å²) in [5, 5.41) is 5.22. The van der Waals surface area contributed by atoms with E-state index < -0.39 is 11.2 Å². The Labute approximate surface area is 189 Å². The highest BCUT2D eigenvalue weighted by Crippen LogP contribution is 2.22. The monoisotopic (exact) mass is 456 g/mol. The fraction of sp³-hybridized carbons (Fsp3) is 0.524. The number of H-pyrrole nitrogens is 1. The number of nitrogens with one attached hydrogen (secondary N) is 1. The Morgan fingerprint density at radius 3 is 2.53 bits per heavy atom. The van der Waals surface area contributed by atoms with E-state index in [2.05, 4.69) is 46.9 Å². The van der Waals surface area contributed by atoms with Crippen LogP contribution in [0.5, 0.6) is 0 Å². The molecule has 11 heteroatoms. The second-order valence-corrected chi connectivity index (χ2v) is 8.49. The van der Waals surface area contributed by atoms with Crippen molar-refractivity contribution in [3.05, 3.63) is 44.1 Å². The molecule has 4 aromatic heterocycles. The topological polar surface area (TPSA) is 116 Å². The largest absolute Gasteiger partial charge is 0.330 e. The van der Waals surface area contributed by atoms with Gasteiger partial charge in [0.25, 0.3) is 11.3 Å². The van der Waals surface area contributed by atoms with E-state index in [1.807, 2.05) is 11.5 Å². The first-order valence-corrected chi connectivity index (χ1v) is 12.1. The summed E-state index contributed by atoms with van der Waals surface area (Å²) < 4.78 is 5.22. The quantitative estimate of drug-likeness (QED) is 0.385. The summed E-state index contributed by atoms with van der Waals surface area (Å²) in [4.78, 5) is 41.3. The van der Waals surface area contributed by atoms with E-state index in [0.717, 1.165) is 37.1 Å². The van der Waals surface area contributed by atoms with Crippen LogP contribution in [0.15, 0.2) is 20.8 Å². The summed E-state index contributed by atoms with van der Waals surface area (Å²) in [5.41, 5.74) is 2.12. The number of hydrogen-bond donors (Lipinski definition) is 1. The standard InChI is InChI=1S/C21H28N8O2S/c1-5-9-10-28-17-16(18(30)24-21(28)31)27(8-4)15(23-17)12-32-20-25-19-22-13(6-2)11-14(7-3)29(19)26-20/h11H,5-10,12H2,1-4H3,(H,24,30,31). The second-order valence-electron chi connectivity index (χ2n) is 7.55. The molecule has 10 nitrogen and oxygen atoms in total. The SMILES string of the molecule is CCCCn1c(=O)[nH]c(=O)c2c1nc(CSc1nc3nc(CC)cc(CC)n3n1)n2CC. The van der Waals surface area contributed by atoms with Crippen molar-refractivity contribution in [1.82, 2.24) is 38.7 Å². The van der Waals surface area contributed by atoms with Crippen LogP contribution in [0.4, 0.5) is 0 Å². The van der Waals surface area contributed by atoms with Crippen LogP contribution in [0.3, 0.4) is 0 Å². The zero-order valence-electron chi connectivity index (χ0n) is 18.9. The zero-order valence-corrected chi connectivity index (χ0v) is 19.7. The summed E-state index contributed by atoms with van der Waals surface area (Å²) in [6.45, 7) is 9.27. The lowest BCUT2D eigenvalue weighted by Crippen LogP contribution is -2.31. The van der Waals surface area contributed by atoms with Crippen molar-refractivity contribution >= 4 is 28.7 Å². The number of aromatic amines is 1. The van der Waals surface area contributed by atoms with Crippen molar-refractivity contribution in [2.24, 2.45) is 0 Å². The minimum atomic E-state index is -0.414. The first-order valence-electron chi connectivity index (χ1n) is 11.1. The van der Waals surface area contributed by atoms with Crippen molar-refractivity contribution in [1.29, 1.82) is 0 Å². The number of imidazole rings is 1. The Hall–Kier alpha value is -2.95. The van der Waals surface area contributed by atoms with Crippen LogP contribution in [-0.4, -0.2) is 38.7 Å². The summed E-state index contributed by atoms with van der Waals surface area (Å²) in [6.07, 6.45) is 3.45. The van der Waals surface area contributed by atoms with Crippen molar-refractivity contribution in [2.45, 2.75) is 77.4 Å². The van der Waals surface area contributed by atoms with Gasteiger partial charge in [0, 0.05) is 24.5 Å². The van der Waals surface area contributed by atoms with Gasteiger partial charge < -0.3 is 4.57 Å². The van der Waals surface area contributed by atoms with E-state index in [1.165, 1.54) is 11.8 Å². The molecule has 0 aliphatic carbocycles. The van der Waals surface area contributed by atoms with E-state index in [0.29, 0.717) is 46.8 Å². The first-order chi connectivity index (χ1) is 15.5. The van der Waals surface area contributed by atoms with E-state index in [9.17, 15) is 9.59 Å². The van der Waals surface area contributed by atoms with Gasteiger partial charge in [0.2, 0.25) is 5.16 Å². The predicted octanol–water partition coefficient (Wildman–Crippen LogP) is 2.56. The molecule has 4 rings (SSSR count). The third-order valence-corrected chi connectivity index (χ3v) is 6.32. The van der Waals surface area contributed by atoms with Crippen LogP contribution >= 0.6 is 11.8 Å². The maximum absolute atomic E-state index is 12.6. The van der Waals surface area contributed by atoms with Crippen LogP contribution in [0, 0.1) is 0 Å². The molecule has 0 aliphatic rings. The molecule has 0 saturated carbocycles. The van der Waals surface area contributed by atoms with Gasteiger partial charge in [0.1, 0.15) is 5.82 Å². The molecule has 0 saturated heterocycles. The number of thioether (sulfide) groups is 1. The molecular formula is C21H28N8O2S. The molecule has 1 N–H and O–H groups in total. The Kier molecular flexibility index (Phi) is 6.45. The maximum Gasteiger partial charge on any atom is 0.330 e. The highest BCUT2D eigenvalue weighted by molar-refractivity contribution is 7.98. The molecule has 0 unspecified atom stereocenters. The Balaban J connectivity index is 1.71. The predicted molar refractivity (Wildman–Crippen MR) is 124 cm³/mol. The van der Waals surface area contributed by atoms with Crippen LogP contribution in [0.25, 0.3) is 16.9 Å². The Bertz CT molecular complexity index is 1380. The molecule has 0 aliphatic heterocycles. The molecule has 0 aromatic carbocycles. The van der Waals surface area contributed by atoms with Crippen LogP contribution in [-0.2, 0) is 31.7 Å². The molecule has 0 bridgehead atoms. The Morgan fingerprint density at radius 2 is 1.84 bits per heavy atom. The summed E-state index contributed by atoms with van der Waals surface area (Å²) in [7, 11) is 0.